The fraction of sp³-hybridized carbons (Fsp3) is 0.625. The first kappa shape index (κ1) is 14.0. The monoisotopic (exact) mass is 263 g/mol. The minimum absolute atomic E-state index is 0.201. The second kappa shape index (κ2) is 6.69. The van der Waals surface area contributed by atoms with E-state index >= 15 is 0 Å². The van der Waals surface area contributed by atoms with Crippen molar-refractivity contribution < 1.29 is 9.84 Å². The molecule has 3 nitrogen and oxygen atoms in total. The summed E-state index contributed by atoms with van der Waals surface area (Å²) in [7, 11) is 1.57. The molecule has 1 aromatic carbocycles. The van der Waals surface area contributed by atoms with Gasteiger partial charge in [-0.2, -0.15) is 0 Å². The lowest BCUT2D eigenvalue weighted by molar-refractivity contribution is 0.319. The smallest absolute Gasteiger partial charge is 0.160 e. The van der Waals surface area contributed by atoms with Gasteiger partial charge in [0, 0.05) is 17.8 Å². The maximum absolute atomic E-state index is 9.77. The largest absolute Gasteiger partial charge is 0.504 e. The minimum atomic E-state index is 0.201. The van der Waals surface area contributed by atoms with E-state index in [1.54, 1.807) is 19.2 Å². The zero-order chi connectivity index (χ0) is 13.7. The van der Waals surface area contributed by atoms with Crippen LogP contribution in [0.4, 0.5) is 5.69 Å². The number of hydrogen-bond acceptors (Lipinski definition) is 3. The summed E-state index contributed by atoms with van der Waals surface area (Å²) in [5, 5.41) is 13.3. The standard InChI is InChI=1S/C16H25NO2/c1-3-4-12-5-7-13(8-6-12)17-14-9-10-16(19-2)15(18)11-14/h9-13,17-18H,3-8H2,1-2H3. The van der Waals surface area contributed by atoms with Crippen molar-refractivity contribution in [3.8, 4) is 11.5 Å². The molecular formula is C16H25NO2. The van der Waals surface area contributed by atoms with Gasteiger partial charge in [-0.3, -0.25) is 0 Å². The summed E-state index contributed by atoms with van der Waals surface area (Å²) in [5.74, 6) is 1.65. The predicted molar refractivity (Wildman–Crippen MR) is 78.9 cm³/mol. The van der Waals surface area contributed by atoms with Crippen molar-refractivity contribution in [2.45, 2.75) is 51.5 Å². The van der Waals surface area contributed by atoms with E-state index in [0.29, 0.717) is 11.8 Å². The molecule has 0 spiro atoms. The van der Waals surface area contributed by atoms with Gasteiger partial charge >= 0.3 is 0 Å². The molecular weight excluding hydrogens is 238 g/mol. The van der Waals surface area contributed by atoms with Gasteiger partial charge in [0.2, 0.25) is 0 Å². The fourth-order valence-corrected chi connectivity index (χ4v) is 3.02. The predicted octanol–water partition coefficient (Wildman–Crippen LogP) is 4.17. The molecule has 0 saturated heterocycles. The molecule has 19 heavy (non-hydrogen) atoms. The molecule has 0 amide bonds. The van der Waals surface area contributed by atoms with Crippen LogP contribution in [0.1, 0.15) is 45.4 Å². The Hall–Kier alpha value is -1.38. The SMILES string of the molecule is CCCC1CCC(Nc2ccc(OC)c(O)c2)CC1. The van der Waals surface area contributed by atoms with E-state index in [9.17, 15) is 5.11 Å². The first-order chi connectivity index (χ1) is 9.22. The molecule has 1 fully saturated rings. The summed E-state index contributed by atoms with van der Waals surface area (Å²) in [4.78, 5) is 0. The summed E-state index contributed by atoms with van der Waals surface area (Å²) in [6.07, 6.45) is 7.79. The van der Waals surface area contributed by atoms with Crippen molar-refractivity contribution in [1.29, 1.82) is 0 Å². The van der Waals surface area contributed by atoms with Gasteiger partial charge in [-0.25, -0.2) is 0 Å². The van der Waals surface area contributed by atoms with Crippen LogP contribution in [-0.2, 0) is 0 Å². The normalized spacial score (nSPS) is 23.1. The summed E-state index contributed by atoms with van der Waals surface area (Å²) in [6, 6.07) is 6.06. The summed E-state index contributed by atoms with van der Waals surface area (Å²) < 4.78 is 5.05. The Morgan fingerprint density at radius 2 is 2.00 bits per heavy atom. The van der Waals surface area contributed by atoms with Crippen molar-refractivity contribution in [1.82, 2.24) is 0 Å². The molecule has 3 heteroatoms. The van der Waals surface area contributed by atoms with E-state index in [2.05, 4.69) is 12.2 Å². The Morgan fingerprint density at radius 1 is 1.26 bits per heavy atom. The molecule has 2 N–H and O–H groups in total. The molecule has 1 saturated carbocycles. The molecule has 1 aliphatic carbocycles. The molecule has 0 atom stereocenters. The maximum atomic E-state index is 9.77. The number of methoxy groups -OCH3 is 1. The number of rotatable bonds is 5. The Bertz CT molecular complexity index is 398. The van der Waals surface area contributed by atoms with Gasteiger partial charge in [-0.1, -0.05) is 19.8 Å². The second-order valence-corrected chi connectivity index (χ2v) is 5.54. The number of anilines is 1. The third kappa shape index (κ3) is 3.79. The molecule has 106 valence electrons. The molecule has 0 radical (unpaired) electrons. The lowest BCUT2D eigenvalue weighted by Gasteiger charge is -2.29. The molecule has 2 rings (SSSR count). The second-order valence-electron chi connectivity index (χ2n) is 5.54. The van der Waals surface area contributed by atoms with Crippen LogP contribution in [0.25, 0.3) is 0 Å². The maximum Gasteiger partial charge on any atom is 0.160 e. The number of phenols is 1. The molecule has 0 bridgehead atoms. The van der Waals surface area contributed by atoms with Gasteiger partial charge in [0.1, 0.15) is 0 Å². The van der Waals surface area contributed by atoms with Gasteiger partial charge in [0.25, 0.3) is 0 Å². The third-order valence-corrected chi connectivity index (χ3v) is 4.09. The van der Waals surface area contributed by atoms with Crippen LogP contribution in [0.2, 0.25) is 0 Å². The fourth-order valence-electron chi connectivity index (χ4n) is 3.02. The number of aromatic hydroxyl groups is 1. The molecule has 1 aliphatic rings. The molecule has 0 unspecified atom stereocenters. The Balaban J connectivity index is 1.87. The van der Waals surface area contributed by atoms with Crippen molar-refractivity contribution in [3.05, 3.63) is 18.2 Å². The van der Waals surface area contributed by atoms with Gasteiger partial charge in [0.15, 0.2) is 11.5 Å². The van der Waals surface area contributed by atoms with E-state index < -0.39 is 0 Å². The highest BCUT2D eigenvalue weighted by Gasteiger charge is 2.20. The highest BCUT2D eigenvalue weighted by molar-refractivity contribution is 5.54. The van der Waals surface area contributed by atoms with Crippen LogP contribution in [0, 0.1) is 5.92 Å². The first-order valence-electron chi connectivity index (χ1n) is 7.36. The van der Waals surface area contributed by atoms with E-state index in [1.165, 1.54) is 38.5 Å². The van der Waals surface area contributed by atoms with Gasteiger partial charge < -0.3 is 15.2 Å². The Kier molecular flexibility index (Phi) is 4.94. The highest BCUT2D eigenvalue weighted by atomic mass is 16.5. The van der Waals surface area contributed by atoms with Gasteiger partial charge in [0.05, 0.1) is 7.11 Å². The number of hydrogen-bond donors (Lipinski definition) is 2. The van der Waals surface area contributed by atoms with Crippen molar-refractivity contribution in [2.75, 3.05) is 12.4 Å². The topological polar surface area (TPSA) is 41.5 Å². The lowest BCUT2D eigenvalue weighted by Crippen LogP contribution is -2.26. The van der Waals surface area contributed by atoms with E-state index in [0.717, 1.165) is 11.6 Å². The first-order valence-corrected chi connectivity index (χ1v) is 7.36. The van der Waals surface area contributed by atoms with Gasteiger partial charge in [-0.05, 0) is 43.7 Å². The molecule has 0 aliphatic heterocycles. The quantitative estimate of drug-likeness (QED) is 0.837. The number of nitrogens with one attached hydrogen (secondary N) is 1. The lowest BCUT2D eigenvalue weighted by atomic mass is 9.83. The highest BCUT2D eigenvalue weighted by Crippen LogP contribution is 2.32. The number of phenolic OH excluding ortho intramolecular Hbond substituents is 1. The molecule has 0 heterocycles. The van der Waals surface area contributed by atoms with Crippen LogP contribution in [0.3, 0.4) is 0 Å². The average Bonchev–Trinajstić information content (AvgIpc) is 2.42. The summed E-state index contributed by atoms with van der Waals surface area (Å²) in [6.45, 7) is 2.27. The van der Waals surface area contributed by atoms with E-state index in [1.807, 2.05) is 6.07 Å². The van der Waals surface area contributed by atoms with Crippen LogP contribution >= 0.6 is 0 Å². The van der Waals surface area contributed by atoms with Crippen LogP contribution in [-0.4, -0.2) is 18.3 Å². The van der Waals surface area contributed by atoms with E-state index in [4.69, 9.17) is 4.74 Å². The average molecular weight is 263 g/mol. The number of benzene rings is 1. The van der Waals surface area contributed by atoms with Gasteiger partial charge in [-0.15, -0.1) is 0 Å². The van der Waals surface area contributed by atoms with Crippen molar-refractivity contribution in [2.24, 2.45) is 5.92 Å². The Labute approximate surface area is 116 Å². The number of ether oxygens (including phenoxy) is 1. The molecule has 1 aromatic rings. The van der Waals surface area contributed by atoms with Crippen LogP contribution in [0.5, 0.6) is 11.5 Å². The zero-order valence-electron chi connectivity index (χ0n) is 12.0. The minimum Gasteiger partial charge on any atom is -0.504 e. The third-order valence-electron chi connectivity index (χ3n) is 4.09. The van der Waals surface area contributed by atoms with Crippen LogP contribution in [0.15, 0.2) is 18.2 Å². The molecule has 0 aromatic heterocycles. The van der Waals surface area contributed by atoms with E-state index in [-0.39, 0.29) is 5.75 Å². The Morgan fingerprint density at radius 3 is 2.58 bits per heavy atom. The van der Waals surface area contributed by atoms with Crippen molar-refractivity contribution >= 4 is 5.69 Å². The zero-order valence-corrected chi connectivity index (χ0v) is 12.0. The summed E-state index contributed by atoms with van der Waals surface area (Å²) >= 11 is 0. The summed E-state index contributed by atoms with van der Waals surface area (Å²) in [5.41, 5.74) is 0.984. The van der Waals surface area contributed by atoms with Crippen molar-refractivity contribution in [3.63, 3.8) is 0 Å². The van der Waals surface area contributed by atoms with Crippen LogP contribution < -0.4 is 10.1 Å².